The Bertz CT molecular complexity index is 620. The molecular formula is C19H23ClN2O2. The number of rotatable bonds is 9. The minimum absolute atomic E-state index is 0.138. The van der Waals surface area contributed by atoms with E-state index in [1.807, 2.05) is 36.4 Å². The summed E-state index contributed by atoms with van der Waals surface area (Å²) in [5.41, 5.74) is 1.29. The second-order valence-electron chi connectivity index (χ2n) is 5.40. The maximum absolute atomic E-state index is 11.7. The quantitative estimate of drug-likeness (QED) is 0.673. The van der Waals surface area contributed by atoms with E-state index in [0.29, 0.717) is 30.5 Å². The minimum Gasteiger partial charge on any atom is -0.492 e. The summed E-state index contributed by atoms with van der Waals surface area (Å²) in [5, 5.41) is 6.28. The van der Waals surface area contributed by atoms with Crippen LogP contribution in [0.15, 0.2) is 54.6 Å². The molecule has 2 amide bonds. The molecule has 2 N–H and O–H groups in total. The summed E-state index contributed by atoms with van der Waals surface area (Å²) in [6.45, 7) is 1.74. The number of amides is 2. The zero-order valence-electron chi connectivity index (χ0n) is 13.6. The van der Waals surface area contributed by atoms with Gasteiger partial charge in [0.1, 0.15) is 5.75 Å². The van der Waals surface area contributed by atoms with Gasteiger partial charge in [-0.25, -0.2) is 4.79 Å². The molecule has 2 aromatic carbocycles. The summed E-state index contributed by atoms with van der Waals surface area (Å²) in [4.78, 5) is 11.7. The van der Waals surface area contributed by atoms with Crippen LogP contribution in [-0.2, 0) is 6.42 Å². The van der Waals surface area contributed by atoms with Crippen LogP contribution in [0.3, 0.4) is 0 Å². The fourth-order valence-corrected chi connectivity index (χ4v) is 2.41. The van der Waals surface area contributed by atoms with E-state index >= 15 is 0 Å². The average Bonchev–Trinajstić information content (AvgIpc) is 2.61. The lowest BCUT2D eigenvalue weighted by atomic mass is 10.1. The van der Waals surface area contributed by atoms with Gasteiger partial charge in [0, 0.05) is 13.1 Å². The molecule has 128 valence electrons. The van der Waals surface area contributed by atoms with Crippen LogP contribution in [0.5, 0.6) is 5.75 Å². The van der Waals surface area contributed by atoms with Crippen molar-refractivity contribution in [1.82, 2.24) is 10.6 Å². The van der Waals surface area contributed by atoms with Crippen molar-refractivity contribution >= 4 is 17.6 Å². The molecule has 0 spiro atoms. The van der Waals surface area contributed by atoms with Crippen molar-refractivity contribution in [1.29, 1.82) is 0 Å². The molecular weight excluding hydrogens is 324 g/mol. The van der Waals surface area contributed by atoms with E-state index < -0.39 is 0 Å². The van der Waals surface area contributed by atoms with E-state index in [1.54, 1.807) is 6.07 Å². The number of halogens is 1. The zero-order chi connectivity index (χ0) is 17.0. The van der Waals surface area contributed by atoms with E-state index in [2.05, 4.69) is 22.8 Å². The topological polar surface area (TPSA) is 50.4 Å². The van der Waals surface area contributed by atoms with Gasteiger partial charge in [-0.2, -0.15) is 0 Å². The number of hydrogen-bond acceptors (Lipinski definition) is 2. The van der Waals surface area contributed by atoms with Gasteiger partial charge < -0.3 is 15.4 Å². The van der Waals surface area contributed by atoms with Crippen LogP contribution in [0, 0.1) is 0 Å². The van der Waals surface area contributed by atoms with Crippen molar-refractivity contribution in [2.24, 2.45) is 0 Å². The summed E-state index contributed by atoms with van der Waals surface area (Å²) in [7, 11) is 0. The van der Waals surface area contributed by atoms with Crippen molar-refractivity contribution in [2.45, 2.75) is 19.3 Å². The average molecular weight is 347 g/mol. The Hall–Kier alpha value is -2.20. The van der Waals surface area contributed by atoms with E-state index in [1.165, 1.54) is 5.56 Å². The Morgan fingerprint density at radius 3 is 2.33 bits per heavy atom. The number of urea groups is 1. The number of aryl methyl sites for hydroxylation is 1. The van der Waals surface area contributed by atoms with Crippen molar-refractivity contribution in [3.8, 4) is 5.75 Å². The van der Waals surface area contributed by atoms with Gasteiger partial charge in [0.2, 0.25) is 0 Å². The van der Waals surface area contributed by atoms with Gasteiger partial charge in [0.05, 0.1) is 11.6 Å². The molecule has 2 aromatic rings. The molecule has 0 saturated carbocycles. The Balaban J connectivity index is 1.48. The van der Waals surface area contributed by atoms with E-state index in [-0.39, 0.29) is 6.03 Å². The SMILES string of the molecule is O=C(NCCCOc1ccccc1Cl)NCCCc1ccccc1. The third-order valence-corrected chi connectivity index (χ3v) is 3.78. The Morgan fingerprint density at radius 1 is 0.917 bits per heavy atom. The third kappa shape index (κ3) is 6.92. The summed E-state index contributed by atoms with van der Waals surface area (Å²) in [6, 6.07) is 17.5. The van der Waals surface area contributed by atoms with Gasteiger partial charge >= 0.3 is 6.03 Å². The molecule has 0 atom stereocenters. The van der Waals surface area contributed by atoms with Crippen LogP contribution in [0.4, 0.5) is 4.79 Å². The smallest absolute Gasteiger partial charge is 0.314 e. The van der Waals surface area contributed by atoms with Crippen molar-refractivity contribution < 1.29 is 9.53 Å². The first-order valence-electron chi connectivity index (χ1n) is 8.18. The van der Waals surface area contributed by atoms with Crippen molar-refractivity contribution in [3.63, 3.8) is 0 Å². The number of nitrogens with one attached hydrogen (secondary N) is 2. The van der Waals surface area contributed by atoms with E-state index in [9.17, 15) is 4.79 Å². The molecule has 0 saturated heterocycles. The highest BCUT2D eigenvalue weighted by Gasteiger charge is 2.01. The van der Waals surface area contributed by atoms with Gasteiger partial charge in [0.15, 0.2) is 0 Å². The molecule has 0 heterocycles. The Morgan fingerprint density at radius 2 is 1.58 bits per heavy atom. The lowest BCUT2D eigenvalue weighted by Gasteiger charge is -2.09. The number of para-hydroxylation sites is 1. The maximum Gasteiger partial charge on any atom is 0.314 e. The highest BCUT2D eigenvalue weighted by molar-refractivity contribution is 6.32. The van der Waals surface area contributed by atoms with Gasteiger partial charge in [-0.05, 0) is 37.0 Å². The summed E-state index contributed by atoms with van der Waals surface area (Å²) in [5.74, 6) is 0.671. The summed E-state index contributed by atoms with van der Waals surface area (Å²) >= 11 is 6.00. The van der Waals surface area contributed by atoms with Crippen molar-refractivity contribution in [3.05, 3.63) is 65.2 Å². The molecule has 0 aliphatic carbocycles. The predicted molar refractivity (Wildman–Crippen MR) is 97.7 cm³/mol. The van der Waals surface area contributed by atoms with Crippen molar-refractivity contribution in [2.75, 3.05) is 19.7 Å². The lowest BCUT2D eigenvalue weighted by Crippen LogP contribution is -2.37. The molecule has 0 aliphatic rings. The van der Waals surface area contributed by atoms with Crippen LogP contribution in [0.25, 0.3) is 0 Å². The van der Waals surface area contributed by atoms with Gasteiger partial charge in [0.25, 0.3) is 0 Å². The number of hydrogen-bond donors (Lipinski definition) is 2. The van der Waals surface area contributed by atoms with Crippen LogP contribution in [0.1, 0.15) is 18.4 Å². The van der Waals surface area contributed by atoms with E-state index in [4.69, 9.17) is 16.3 Å². The molecule has 2 rings (SSSR count). The fourth-order valence-electron chi connectivity index (χ4n) is 2.22. The van der Waals surface area contributed by atoms with Crippen LogP contribution < -0.4 is 15.4 Å². The van der Waals surface area contributed by atoms with Gasteiger partial charge in [-0.3, -0.25) is 0 Å². The standard InChI is InChI=1S/C19H23ClN2O2/c20-17-11-4-5-12-18(17)24-15-7-14-22-19(23)21-13-6-10-16-8-2-1-3-9-16/h1-5,8-9,11-12H,6-7,10,13-15H2,(H2,21,22,23). The third-order valence-electron chi connectivity index (χ3n) is 3.47. The highest BCUT2D eigenvalue weighted by atomic mass is 35.5. The first-order chi connectivity index (χ1) is 11.8. The fraction of sp³-hybridized carbons (Fsp3) is 0.316. The molecule has 24 heavy (non-hydrogen) atoms. The molecule has 0 radical (unpaired) electrons. The lowest BCUT2D eigenvalue weighted by molar-refractivity contribution is 0.239. The molecule has 0 fully saturated rings. The monoisotopic (exact) mass is 346 g/mol. The molecule has 0 aromatic heterocycles. The van der Waals surface area contributed by atoms with E-state index in [0.717, 1.165) is 19.3 Å². The largest absolute Gasteiger partial charge is 0.492 e. The van der Waals surface area contributed by atoms with Crippen LogP contribution >= 0.6 is 11.6 Å². The van der Waals surface area contributed by atoms with Crippen LogP contribution in [-0.4, -0.2) is 25.7 Å². The first-order valence-corrected chi connectivity index (χ1v) is 8.56. The summed E-state index contributed by atoms with van der Waals surface area (Å²) < 4.78 is 5.56. The van der Waals surface area contributed by atoms with Crippen LogP contribution in [0.2, 0.25) is 5.02 Å². The normalized spacial score (nSPS) is 10.2. The molecule has 4 nitrogen and oxygen atoms in total. The summed E-state index contributed by atoms with van der Waals surface area (Å²) in [6.07, 6.45) is 2.61. The second-order valence-corrected chi connectivity index (χ2v) is 5.81. The molecule has 5 heteroatoms. The maximum atomic E-state index is 11.7. The molecule has 0 unspecified atom stereocenters. The number of benzene rings is 2. The number of carbonyl (C=O) groups is 1. The predicted octanol–water partition coefficient (Wildman–Crippen LogP) is 4.04. The number of ether oxygens (including phenoxy) is 1. The first kappa shape index (κ1) is 18.1. The second kappa shape index (κ2) is 10.6. The zero-order valence-corrected chi connectivity index (χ0v) is 14.4. The highest BCUT2D eigenvalue weighted by Crippen LogP contribution is 2.22. The molecule has 0 bridgehead atoms. The molecule has 0 aliphatic heterocycles. The Labute approximate surface area is 148 Å². The van der Waals surface area contributed by atoms with Gasteiger partial charge in [-0.15, -0.1) is 0 Å². The minimum atomic E-state index is -0.138. The number of carbonyl (C=O) groups excluding carboxylic acids is 1. The van der Waals surface area contributed by atoms with Gasteiger partial charge in [-0.1, -0.05) is 54.1 Å². The Kier molecular flexibility index (Phi) is 7.98.